The van der Waals surface area contributed by atoms with E-state index >= 15 is 0 Å². The van der Waals surface area contributed by atoms with Crippen LogP contribution in [0.2, 0.25) is 0 Å². The first-order valence-corrected chi connectivity index (χ1v) is 10.8. The lowest BCUT2D eigenvalue weighted by Gasteiger charge is -2.35. The Balaban J connectivity index is 1.55. The lowest BCUT2D eigenvalue weighted by Crippen LogP contribution is -2.39. The molecule has 0 heterocycles. The van der Waals surface area contributed by atoms with Crippen molar-refractivity contribution >= 4 is 5.97 Å². The van der Waals surface area contributed by atoms with Gasteiger partial charge in [-0.1, -0.05) is 67.6 Å². The fourth-order valence-corrected chi connectivity index (χ4v) is 6.32. The monoisotopic (exact) mass is 376 g/mol. The van der Waals surface area contributed by atoms with Crippen LogP contribution in [0.1, 0.15) is 50.7 Å². The van der Waals surface area contributed by atoms with E-state index in [1.165, 1.54) is 11.1 Å². The quantitative estimate of drug-likeness (QED) is 0.591. The molecular formula is C26H32O2. The number of benzene rings is 2. The first-order chi connectivity index (χ1) is 13.5. The molecule has 0 unspecified atom stereocenters. The summed E-state index contributed by atoms with van der Waals surface area (Å²) in [4.78, 5) is 13.2. The molecule has 2 saturated carbocycles. The molecule has 2 nitrogen and oxygen atoms in total. The minimum atomic E-state index is -0.304. The maximum absolute atomic E-state index is 13.2. The third-order valence-corrected chi connectivity index (χ3v) is 7.31. The van der Waals surface area contributed by atoms with Gasteiger partial charge >= 0.3 is 5.97 Å². The normalized spacial score (nSPS) is 31.5. The van der Waals surface area contributed by atoms with E-state index in [0.717, 1.165) is 38.5 Å². The van der Waals surface area contributed by atoms with Gasteiger partial charge in [-0.2, -0.15) is 0 Å². The Labute approximate surface area is 169 Å². The van der Waals surface area contributed by atoms with Crippen LogP contribution >= 0.6 is 0 Å². The van der Waals surface area contributed by atoms with Gasteiger partial charge in [0, 0.05) is 0 Å². The molecule has 0 aromatic heterocycles. The molecule has 2 heteroatoms. The second-order valence-electron chi connectivity index (χ2n) is 9.29. The average Bonchev–Trinajstić information content (AvgIpc) is 3.10. The van der Waals surface area contributed by atoms with Gasteiger partial charge in [-0.05, 0) is 73.8 Å². The van der Waals surface area contributed by atoms with Gasteiger partial charge in [0.2, 0.25) is 0 Å². The molecule has 2 aromatic carbocycles. The second-order valence-corrected chi connectivity index (χ2v) is 9.29. The van der Waals surface area contributed by atoms with Gasteiger partial charge in [0.25, 0.3) is 0 Å². The van der Waals surface area contributed by atoms with Crippen molar-refractivity contribution in [2.24, 2.45) is 22.7 Å². The third kappa shape index (κ3) is 3.50. The molecule has 4 rings (SSSR count). The standard InChI is InChI=1S/C26H32O2/c1-3-28-24(27)26-18-22(14-20-10-6-4-7-11-20)16-25(26,2)17-23(19-26)15-21-12-8-5-9-13-21/h4-13,22-23H,3,14-19H2,1-2H3/t22-,23-,25?,26?/m0/s1. The zero-order valence-electron chi connectivity index (χ0n) is 17.2. The van der Waals surface area contributed by atoms with E-state index in [4.69, 9.17) is 4.74 Å². The minimum Gasteiger partial charge on any atom is -0.466 e. The van der Waals surface area contributed by atoms with Crippen molar-refractivity contribution < 1.29 is 9.53 Å². The number of ether oxygens (including phenoxy) is 1. The van der Waals surface area contributed by atoms with Crippen molar-refractivity contribution in [1.82, 2.24) is 0 Å². The summed E-state index contributed by atoms with van der Waals surface area (Å²) in [6.07, 6.45) is 6.35. The Kier molecular flexibility index (Phi) is 5.31. The van der Waals surface area contributed by atoms with Gasteiger partial charge in [0.1, 0.15) is 0 Å². The van der Waals surface area contributed by atoms with Crippen LogP contribution in [0.5, 0.6) is 0 Å². The van der Waals surface area contributed by atoms with Crippen LogP contribution in [0, 0.1) is 22.7 Å². The minimum absolute atomic E-state index is 0.0537. The van der Waals surface area contributed by atoms with Crippen molar-refractivity contribution in [3.8, 4) is 0 Å². The predicted molar refractivity (Wildman–Crippen MR) is 113 cm³/mol. The molecule has 2 fully saturated rings. The SMILES string of the molecule is CCOC(=O)C12C[C@@H](Cc3ccccc3)CC1(C)C[C@H](Cc1ccccc1)C2. The first-order valence-electron chi connectivity index (χ1n) is 10.8. The van der Waals surface area contributed by atoms with Crippen molar-refractivity contribution in [2.45, 2.75) is 52.4 Å². The number of esters is 1. The second kappa shape index (κ2) is 7.73. The van der Waals surface area contributed by atoms with Crippen LogP contribution in [0.15, 0.2) is 60.7 Å². The highest BCUT2D eigenvalue weighted by atomic mass is 16.5. The van der Waals surface area contributed by atoms with E-state index in [9.17, 15) is 4.79 Å². The number of carbonyl (C=O) groups excluding carboxylic acids is 1. The van der Waals surface area contributed by atoms with E-state index in [1.807, 2.05) is 6.92 Å². The molecule has 0 N–H and O–H groups in total. The lowest BCUT2D eigenvalue weighted by atomic mass is 9.69. The molecule has 0 radical (unpaired) electrons. The van der Waals surface area contributed by atoms with Gasteiger partial charge in [0.05, 0.1) is 12.0 Å². The molecule has 0 saturated heterocycles. The van der Waals surface area contributed by atoms with E-state index in [1.54, 1.807) is 0 Å². The fourth-order valence-electron chi connectivity index (χ4n) is 6.32. The maximum atomic E-state index is 13.2. The van der Waals surface area contributed by atoms with Gasteiger partial charge in [0.15, 0.2) is 0 Å². The van der Waals surface area contributed by atoms with Crippen LogP contribution < -0.4 is 0 Å². The van der Waals surface area contributed by atoms with Gasteiger partial charge < -0.3 is 4.74 Å². The molecule has 0 aliphatic heterocycles. The van der Waals surface area contributed by atoms with Crippen LogP contribution in [-0.2, 0) is 22.4 Å². The van der Waals surface area contributed by atoms with Crippen molar-refractivity contribution in [3.63, 3.8) is 0 Å². The van der Waals surface area contributed by atoms with Gasteiger partial charge in [-0.3, -0.25) is 4.79 Å². The van der Waals surface area contributed by atoms with E-state index in [2.05, 4.69) is 67.6 Å². The highest BCUT2D eigenvalue weighted by molar-refractivity contribution is 5.79. The summed E-state index contributed by atoms with van der Waals surface area (Å²) in [6, 6.07) is 21.5. The molecule has 2 aromatic rings. The number of carbonyl (C=O) groups is 1. The Morgan fingerprint density at radius 1 is 0.857 bits per heavy atom. The third-order valence-electron chi connectivity index (χ3n) is 7.31. The first kappa shape index (κ1) is 19.2. The molecule has 0 spiro atoms. The maximum Gasteiger partial charge on any atom is 0.312 e. The van der Waals surface area contributed by atoms with Crippen LogP contribution in [-0.4, -0.2) is 12.6 Å². The summed E-state index contributed by atoms with van der Waals surface area (Å²) in [5.41, 5.74) is 2.52. The fraction of sp³-hybridized carbons (Fsp3) is 0.500. The molecular weight excluding hydrogens is 344 g/mol. The smallest absolute Gasteiger partial charge is 0.312 e. The Morgan fingerprint density at radius 3 is 1.75 bits per heavy atom. The topological polar surface area (TPSA) is 26.3 Å². The van der Waals surface area contributed by atoms with Crippen LogP contribution in [0.3, 0.4) is 0 Å². The molecule has 28 heavy (non-hydrogen) atoms. The highest BCUT2D eigenvalue weighted by Crippen LogP contribution is 2.67. The van der Waals surface area contributed by atoms with Crippen LogP contribution in [0.4, 0.5) is 0 Å². The summed E-state index contributed by atoms with van der Waals surface area (Å²) in [5, 5.41) is 0. The van der Waals surface area contributed by atoms with E-state index in [0.29, 0.717) is 18.4 Å². The lowest BCUT2D eigenvalue weighted by molar-refractivity contribution is -0.160. The molecule has 0 bridgehead atoms. The summed E-state index contributed by atoms with van der Waals surface area (Å²) in [5.74, 6) is 1.19. The average molecular weight is 377 g/mol. The number of rotatable bonds is 6. The molecule has 0 amide bonds. The zero-order chi connectivity index (χ0) is 19.6. The van der Waals surface area contributed by atoms with Gasteiger partial charge in [-0.15, -0.1) is 0 Å². The number of hydrogen-bond donors (Lipinski definition) is 0. The Morgan fingerprint density at radius 2 is 1.32 bits per heavy atom. The highest BCUT2D eigenvalue weighted by Gasteiger charge is 2.64. The Bertz CT molecular complexity index is 742. The van der Waals surface area contributed by atoms with Crippen molar-refractivity contribution in [2.75, 3.05) is 6.61 Å². The molecule has 2 aliphatic rings. The summed E-state index contributed by atoms with van der Waals surface area (Å²) >= 11 is 0. The van der Waals surface area contributed by atoms with Gasteiger partial charge in [-0.25, -0.2) is 0 Å². The van der Waals surface area contributed by atoms with Crippen molar-refractivity contribution in [1.29, 1.82) is 0 Å². The van der Waals surface area contributed by atoms with Crippen molar-refractivity contribution in [3.05, 3.63) is 71.8 Å². The van der Waals surface area contributed by atoms with E-state index in [-0.39, 0.29) is 16.8 Å². The van der Waals surface area contributed by atoms with E-state index < -0.39 is 0 Å². The summed E-state index contributed by atoms with van der Waals surface area (Å²) in [6.45, 7) is 4.77. The molecule has 2 aliphatic carbocycles. The number of hydrogen-bond acceptors (Lipinski definition) is 2. The predicted octanol–water partition coefficient (Wildman–Crippen LogP) is 5.85. The molecule has 148 valence electrons. The van der Waals surface area contributed by atoms with Crippen LogP contribution in [0.25, 0.3) is 0 Å². The Hall–Kier alpha value is -2.09. The summed E-state index contributed by atoms with van der Waals surface area (Å²) in [7, 11) is 0. The largest absolute Gasteiger partial charge is 0.466 e. The molecule has 2 atom stereocenters. The number of fused-ring (bicyclic) bond motifs is 1. The summed E-state index contributed by atoms with van der Waals surface area (Å²) < 4.78 is 5.65. The zero-order valence-corrected chi connectivity index (χ0v) is 17.2.